The molecule has 0 spiro atoms. The maximum Gasteiger partial charge on any atom is 1.00 e. The van der Waals surface area contributed by atoms with Crippen LogP contribution in [0.3, 0.4) is 0 Å². The molecular weight excluding hydrogens is 123 g/mol. The third-order valence-electron chi connectivity index (χ3n) is 0.500. The molecule has 0 N–H and O–H groups in total. The summed E-state index contributed by atoms with van der Waals surface area (Å²) < 4.78 is 29.8. The van der Waals surface area contributed by atoms with Crippen molar-refractivity contribution < 1.29 is 35.0 Å². The summed E-state index contributed by atoms with van der Waals surface area (Å²) in [6.07, 6.45) is -1.72. The van der Waals surface area contributed by atoms with E-state index >= 15 is 0 Å². The predicted molar refractivity (Wildman–Crippen MR) is 38.4 cm³/mol. The molecule has 0 unspecified atom stereocenters. The van der Waals surface area contributed by atoms with Gasteiger partial charge < -0.3 is 0 Å². The zero-order valence-electron chi connectivity index (χ0n) is 10.5. The van der Waals surface area contributed by atoms with Crippen LogP contribution >= 0.6 is 0 Å². The van der Waals surface area contributed by atoms with E-state index in [2.05, 4.69) is 0 Å². The molecule has 0 aromatic heterocycles. The summed E-state index contributed by atoms with van der Waals surface area (Å²) >= 11 is 0. The molecule has 0 rings (SSSR count). The Bertz CT molecular complexity index is 131. The molecule has 0 aliphatic carbocycles. The molecule has 2 heteroatoms. The van der Waals surface area contributed by atoms with E-state index < -0.39 is 20.4 Å². The fourth-order valence-corrected chi connectivity index (χ4v) is 1.12. The molecule has 0 amide bonds. The molecule has 44 valence electrons. The van der Waals surface area contributed by atoms with Crippen LogP contribution < -0.4 is 29.6 Å². The maximum atomic E-state index is 7.58. The molecular formula is C6H16NaSi+. The summed E-state index contributed by atoms with van der Waals surface area (Å²) in [5.41, 5.74) is 0. The summed E-state index contributed by atoms with van der Waals surface area (Å²) in [7, 11) is -2.06. The Morgan fingerprint density at radius 2 is 1.75 bits per heavy atom. The average molecular weight is 143 g/mol. The van der Waals surface area contributed by atoms with Gasteiger partial charge in [-0.2, -0.15) is 0 Å². The van der Waals surface area contributed by atoms with E-state index in [-0.39, 0.29) is 29.6 Å². The van der Waals surface area contributed by atoms with Crippen molar-refractivity contribution in [3.05, 3.63) is 0 Å². The first kappa shape index (κ1) is 4.95. The van der Waals surface area contributed by atoms with Crippen LogP contribution in [0, 0.1) is 0 Å². The van der Waals surface area contributed by atoms with E-state index in [0.717, 1.165) is 0 Å². The molecule has 0 aliphatic heterocycles. The Hall–Kier alpha value is 1.22. The molecule has 0 aromatic carbocycles. The molecule has 0 saturated carbocycles. The van der Waals surface area contributed by atoms with Gasteiger partial charge in [0.05, 0.1) is 0 Å². The Morgan fingerprint density at radius 1 is 1.38 bits per heavy atom. The van der Waals surface area contributed by atoms with Crippen molar-refractivity contribution in [3.63, 3.8) is 0 Å². The van der Waals surface area contributed by atoms with E-state index in [9.17, 15) is 0 Å². The Balaban J connectivity index is 0. The van der Waals surface area contributed by atoms with E-state index in [1.54, 1.807) is 0 Å². The van der Waals surface area contributed by atoms with Gasteiger partial charge in [-0.15, -0.1) is 0 Å². The van der Waals surface area contributed by atoms with Gasteiger partial charge in [0.2, 0.25) is 0 Å². The largest absolute Gasteiger partial charge is 1.00 e. The molecule has 0 atom stereocenters. The van der Waals surface area contributed by atoms with Crippen molar-refractivity contribution in [2.75, 3.05) is 0 Å². The molecule has 0 heterocycles. The summed E-state index contributed by atoms with van der Waals surface area (Å²) in [5.74, 6) is -1.65. The number of hydrogen-bond donors (Lipinski definition) is 0. The van der Waals surface area contributed by atoms with Crippen molar-refractivity contribution in [3.8, 4) is 0 Å². The quantitative estimate of drug-likeness (QED) is 0.467. The standard InChI is InChI=1S/C6H16Si.Na/c1-5-6-7(2,3)4;/h5-6H2,1-4H3;/q;+1/i5D2,6D2;. The second-order valence-corrected chi connectivity index (χ2v) is 7.38. The van der Waals surface area contributed by atoms with Crippen LogP contribution in [-0.4, -0.2) is 8.07 Å². The van der Waals surface area contributed by atoms with Crippen LogP contribution in [0.5, 0.6) is 0 Å². The predicted octanol–water partition coefficient (Wildman–Crippen LogP) is -0.261. The van der Waals surface area contributed by atoms with Gasteiger partial charge in [0.25, 0.3) is 0 Å². The molecule has 0 aromatic rings. The number of hydrogen-bond acceptors (Lipinski definition) is 0. The van der Waals surface area contributed by atoms with E-state index in [4.69, 9.17) is 5.48 Å². The maximum absolute atomic E-state index is 7.58. The van der Waals surface area contributed by atoms with Gasteiger partial charge in [0, 0.05) is 13.6 Å². The summed E-state index contributed by atoms with van der Waals surface area (Å²) in [6.45, 7) is 6.84. The average Bonchev–Trinajstić information content (AvgIpc) is 1.58. The molecule has 0 nitrogen and oxygen atoms in total. The summed E-state index contributed by atoms with van der Waals surface area (Å²) in [4.78, 5) is 0. The van der Waals surface area contributed by atoms with Crippen molar-refractivity contribution >= 4 is 8.07 Å². The van der Waals surface area contributed by atoms with Gasteiger partial charge in [0.15, 0.2) is 0 Å². The second-order valence-electron chi connectivity index (χ2n) is 2.62. The molecule has 0 aliphatic rings. The monoisotopic (exact) mass is 143 g/mol. The third kappa shape index (κ3) is 10.2. The van der Waals surface area contributed by atoms with Crippen molar-refractivity contribution in [2.45, 2.75) is 38.9 Å². The van der Waals surface area contributed by atoms with Crippen molar-refractivity contribution in [1.29, 1.82) is 0 Å². The first-order valence-electron chi connectivity index (χ1n) is 4.50. The van der Waals surface area contributed by atoms with Crippen LogP contribution in [0.1, 0.15) is 18.8 Å². The van der Waals surface area contributed by atoms with E-state index in [1.807, 2.05) is 19.6 Å². The van der Waals surface area contributed by atoms with Gasteiger partial charge >= 0.3 is 29.6 Å². The third-order valence-corrected chi connectivity index (χ3v) is 1.50. The fraction of sp³-hybridized carbons (Fsp3) is 1.00. The molecule has 0 fully saturated rings. The van der Waals surface area contributed by atoms with Crippen LogP contribution in [0.25, 0.3) is 0 Å². The number of rotatable bonds is 2. The SMILES string of the molecule is [2H]C([2H])(C)C([2H])([2H])[Si](C)(C)C.[Na+]. The minimum atomic E-state index is -2.06. The van der Waals surface area contributed by atoms with Gasteiger partial charge in [-0.05, 0) is 0 Å². The Kier molecular flexibility index (Phi) is 3.11. The molecule has 0 bridgehead atoms. The molecule has 8 heavy (non-hydrogen) atoms. The minimum absolute atomic E-state index is 0. The molecule has 0 radical (unpaired) electrons. The van der Waals surface area contributed by atoms with Crippen LogP contribution in [0.2, 0.25) is 25.6 Å². The van der Waals surface area contributed by atoms with E-state index in [0.29, 0.717) is 0 Å². The zero-order valence-corrected chi connectivity index (χ0v) is 9.50. The summed E-state index contributed by atoms with van der Waals surface area (Å²) in [6, 6.07) is 0. The molecule has 0 saturated heterocycles. The first-order valence-corrected chi connectivity index (χ1v) is 6.00. The minimum Gasteiger partial charge on any atom is -0.0695 e. The Morgan fingerprint density at radius 3 is 1.75 bits per heavy atom. The van der Waals surface area contributed by atoms with E-state index in [1.165, 1.54) is 6.92 Å². The smallest absolute Gasteiger partial charge is 0.0695 e. The van der Waals surface area contributed by atoms with Gasteiger partial charge in [-0.25, -0.2) is 0 Å². The second kappa shape index (κ2) is 5.04. The topological polar surface area (TPSA) is 0 Å². The fourth-order valence-electron chi connectivity index (χ4n) is 0.375. The van der Waals surface area contributed by atoms with Gasteiger partial charge in [-0.3, -0.25) is 0 Å². The van der Waals surface area contributed by atoms with Crippen molar-refractivity contribution in [1.82, 2.24) is 0 Å². The van der Waals surface area contributed by atoms with Crippen LogP contribution in [0.15, 0.2) is 0 Å². The Labute approximate surface area is 82.0 Å². The van der Waals surface area contributed by atoms with Crippen LogP contribution in [-0.2, 0) is 0 Å². The first-order chi connectivity index (χ1) is 4.50. The van der Waals surface area contributed by atoms with Gasteiger partial charge in [-0.1, -0.05) is 38.9 Å². The summed E-state index contributed by atoms with van der Waals surface area (Å²) in [5, 5.41) is 0. The van der Waals surface area contributed by atoms with Crippen LogP contribution in [0.4, 0.5) is 0 Å². The zero-order chi connectivity index (χ0) is 9.50. The van der Waals surface area contributed by atoms with Crippen molar-refractivity contribution in [2.24, 2.45) is 0 Å². The normalized spacial score (nSPS) is 21.5. The van der Waals surface area contributed by atoms with Gasteiger partial charge in [0.1, 0.15) is 0 Å².